The quantitative estimate of drug-likeness (QED) is 0.744. The van der Waals surface area contributed by atoms with Crippen LogP contribution in [0.1, 0.15) is 42.2 Å². The molecule has 0 aliphatic carbocycles. The van der Waals surface area contributed by atoms with Crippen molar-refractivity contribution in [3.05, 3.63) is 29.3 Å². The number of aryl methyl sites for hydroxylation is 1. The van der Waals surface area contributed by atoms with Crippen molar-refractivity contribution in [2.45, 2.75) is 44.1 Å². The molecule has 2 nitrogen and oxygen atoms in total. The number of methoxy groups -OCH3 is 1. The summed E-state index contributed by atoms with van der Waals surface area (Å²) in [7, 11) is 1.69. The van der Waals surface area contributed by atoms with Gasteiger partial charge in [-0.1, -0.05) is 17.7 Å². The molecule has 18 heavy (non-hydrogen) atoms. The molecule has 0 spiro atoms. The average Bonchev–Trinajstić information content (AvgIpc) is 2.89. The lowest BCUT2D eigenvalue weighted by Gasteiger charge is -2.16. The van der Waals surface area contributed by atoms with Crippen LogP contribution in [0.25, 0.3) is 0 Å². The summed E-state index contributed by atoms with van der Waals surface area (Å²) in [5.74, 6) is 0.882. The Morgan fingerprint density at radius 2 is 2.33 bits per heavy atom. The van der Waals surface area contributed by atoms with Crippen LogP contribution in [-0.4, -0.2) is 19.8 Å². The first-order valence-electron chi connectivity index (χ1n) is 6.61. The summed E-state index contributed by atoms with van der Waals surface area (Å²) in [6.07, 6.45) is 4.74. The van der Waals surface area contributed by atoms with Gasteiger partial charge in [0.1, 0.15) is 5.75 Å². The zero-order chi connectivity index (χ0) is 13.0. The van der Waals surface area contributed by atoms with E-state index in [1.54, 1.807) is 7.11 Å². The highest BCUT2D eigenvalue weighted by Gasteiger charge is 2.19. The third-order valence-electron chi connectivity index (χ3n) is 3.49. The molecule has 0 radical (unpaired) electrons. The Kier molecular flexibility index (Phi) is 4.90. The van der Waals surface area contributed by atoms with Crippen LogP contribution < -0.4 is 4.74 Å². The molecule has 1 heterocycles. The van der Waals surface area contributed by atoms with Crippen molar-refractivity contribution in [1.29, 1.82) is 0 Å². The van der Waals surface area contributed by atoms with Gasteiger partial charge in [-0.25, -0.2) is 0 Å². The van der Waals surface area contributed by atoms with Crippen molar-refractivity contribution in [3.8, 4) is 5.75 Å². The van der Waals surface area contributed by atoms with E-state index in [-0.39, 0.29) is 5.38 Å². The minimum atomic E-state index is 0.00375. The number of hydrogen-bond donors (Lipinski definition) is 0. The van der Waals surface area contributed by atoms with E-state index >= 15 is 0 Å². The average molecular weight is 269 g/mol. The maximum Gasteiger partial charge on any atom is 0.123 e. The molecule has 0 saturated carbocycles. The highest BCUT2D eigenvalue weighted by molar-refractivity contribution is 6.21. The lowest BCUT2D eigenvalue weighted by molar-refractivity contribution is 0.102. The predicted molar refractivity (Wildman–Crippen MR) is 74.5 cm³/mol. The third kappa shape index (κ3) is 3.39. The molecule has 1 aromatic carbocycles. The maximum atomic E-state index is 6.50. The van der Waals surface area contributed by atoms with Gasteiger partial charge in [0.05, 0.1) is 18.6 Å². The van der Waals surface area contributed by atoms with Crippen molar-refractivity contribution in [2.24, 2.45) is 0 Å². The van der Waals surface area contributed by atoms with Crippen molar-refractivity contribution in [3.63, 3.8) is 0 Å². The summed E-state index contributed by atoms with van der Waals surface area (Å²) in [5, 5.41) is 0.00375. The van der Waals surface area contributed by atoms with Crippen LogP contribution in [0, 0.1) is 6.92 Å². The smallest absolute Gasteiger partial charge is 0.123 e. The first-order valence-corrected chi connectivity index (χ1v) is 7.04. The molecule has 2 atom stereocenters. The number of hydrogen-bond acceptors (Lipinski definition) is 2. The van der Waals surface area contributed by atoms with Gasteiger partial charge < -0.3 is 9.47 Å². The van der Waals surface area contributed by atoms with E-state index in [0.29, 0.717) is 6.10 Å². The fourth-order valence-corrected chi connectivity index (χ4v) is 2.75. The SMILES string of the molecule is COc1ccc(C)cc1C(Cl)CCC1CCCO1. The van der Waals surface area contributed by atoms with E-state index in [0.717, 1.165) is 30.8 Å². The molecule has 1 aliphatic rings. The normalized spacial score (nSPS) is 20.9. The standard InChI is InChI=1S/C15H21ClO2/c1-11-5-8-15(17-2)13(10-11)14(16)7-6-12-4-3-9-18-12/h5,8,10,12,14H,3-4,6-7,9H2,1-2H3. The first kappa shape index (κ1) is 13.7. The molecule has 100 valence electrons. The molecule has 1 aromatic rings. The third-order valence-corrected chi connectivity index (χ3v) is 3.94. The number of rotatable bonds is 5. The van der Waals surface area contributed by atoms with Crippen molar-refractivity contribution < 1.29 is 9.47 Å². The van der Waals surface area contributed by atoms with Crippen LogP contribution >= 0.6 is 11.6 Å². The van der Waals surface area contributed by atoms with Crippen LogP contribution in [0.5, 0.6) is 5.75 Å². The Morgan fingerprint density at radius 3 is 3.00 bits per heavy atom. The number of benzene rings is 1. The van der Waals surface area contributed by atoms with Crippen LogP contribution in [0.2, 0.25) is 0 Å². The van der Waals surface area contributed by atoms with Crippen molar-refractivity contribution in [2.75, 3.05) is 13.7 Å². The van der Waals surface area contributed by atoms with Crippen molar-refractivity contribution >= 4 is 11.6 Å². The molecular formula is C15H21ClO2. The summed E-state index contributed by atoms with van der Waals surface area (Å²) in [4.78, 5) is 0. The van der Waals surface area contributed by atoms with Crippen LogP contribution in [0.15, 0.2) is 18.2 Å². The summed E-state index contributed by atoms with van der Waals surface area (Å²) in [6, 6.07) is 6.16. The second-order valence-corrected chi connectivity index (χ2v) is 5.45. The van der Waals surface area contributed by atoms with E-state index in [2.05, 4.69) is 13.0 Å². The molecule has 0 N–H and O–H groups in total. The summed E-state index contributed by atoms with van der Waals surface area (Å²) in [6.45, 7) is 2.98. The van der Waals surface area contributed by atoms with Gasteiger partial charge in [-0.15, -0.1) is 11.6 Å². The monoisotopic (exact) mass is 268 g/mol. The number of ether oxygens (including phenoxy) is 2. The second-order valence-electron chi connectivity index (χ2n) is 4.93. The van der Waals surface area contributed by atoms with Gasteiger partial charge in [0.25, 0.3) is 0 Å². The molecule has 1 saturated heterocycles. The predicted octanol–water partition coefficient (Wildman–Crippen LogP) is 4.24. The van der Waals surface area contributed by atoms with Gasteiger partial charge in [0.15, 0.2) is 0 Å². The van der Waals surface area contributed by atoms with Crippen LogP contribution in [-0.2, 0) is 4.74 Å². The zero-order valence-electron chi connectivity index (χ0n) is 11.1. The highest BCUT2D eigenvalue weighted by atomic mass is 35.5. The molecule has 1 fully saturated rings. The van der Waals surface area contributed by atoms with E-state index in [1.807, 2.05) is 12.1 Å². The Balaban J connectivity index is 1.98. The number of alkyl halides is 1. The topological polar surface area (TPSA) is 18.5 Å². The van der Waals surface area contributed by atoms with Gasteiger partial charge in [0.2, 0.25) is 0 Å². The largest absolute Gasteiger partial charge is 0.496 e. The van der Waals surface area contributed by atoms with E-state index in [9.17, 15) is 0 Å². The number of halogens is 1. The molecule has 1 aliphatic heterocycles. The maximum absolute atomic E-state index is 6.50. The van der Waals surface area contributed by atoms with Gasteiger partial charge in [-0.05, 0) is 38.7 Å². The Bertz CT molecular complexity index is 386. The minimum Gasteiger partial charge on any atom is -0.496 e. The molecule has 0 amide bonds. The zero-order valence-corrected chi connectivity index (χ0v) is 11.9. The Hall–Kier alpha value is -0.730. The lowest BCUT2D eigenvalue weighted by Crippen LogP contribution is -2.06. The molecule has 3 heteroatoms. The first-order chi connectivity index (χ1) is 8.70. The highest BCUT2D eigenvalue weighted by Crippen LogP contribution is 2.35. The van der Waals surface area contributed by atoms with Crippen LogP contribution in [0.4, 0.5) is 0 Å². The summed E-state index contributed by atoms with van der Waals surface area (Å²) >= 11 is 6.50. The Morgan fingerprint density at radius 1 is 1.50 bits per heavy atom. The van der Waals surface area contributed by atoms with Gasteiger partial charge in [-0.2, -0.15) is 0 Å². The molecule has 2 rings (SSSR count). The second kappa shape index (κ2) is 6.44. The Labute approximate surface area is 114 Å². The van der Waals surface area contributed by atoms with Gasteiger partial charge in [-0.3, -0.25) is 0 Å². The van der Waals surface area contributed by atoms with Gasteiger partial charge in [0, 0.05) is 12.2 Å². The van der Waals surface area contributed by atoms with Gasteiger partial charge >= 0.3 is 0 Å². The molecule has 0 aromatic heterocycles. The molecule has 2 unspecified atom stereocenters. The lowest BCUT2D eigenvalue weighted by atomic mass is 10.0. The summed E-state index contributed by atoms with van der Waals surface area (Å²) in [5.41, 5.74) is 2.31. The van der Waals surface area contributed by atoms with Crippen molar-refractivity contribution in [1.82, 2.24) is 0 Å². The fourth-order valence-electron chi connectivity index (χ4n) is 2.46. The fraction of sp³-hybridized carbons (Fsp3) is 0.600. The van der Waals surface area contributed by atoms with E-state index in [1.165, 1.54) is 18.4 Å². The van der Waals surface area contributed by atoms with E-state index in [4.69, 9.17) is 21.1 Å². The molecular weight excluding hydrogens is 248 g/mol. The van der Waals surface area contributed by atoms with Crippen LogP contribution in [0.3, 0.4) is 0 Å². The summed E-state index contributed by atoms with van der Waals surface area (Å²) < 4.78 is 11.0. The minimum absolute atomic E-state index is 0.00375. The molecule has 0 bridgehead atoms. The van der Waals surface area contributed by atoms with E-state index < -0.39 is 0 Å².